The number of nitrogens with zero attached hydrogens (tertiary/aromatic N) is 2. The lowest BCUT2D eigenvalue weighted by molar-refractivity contribution is 0.0154. The van der Waals surface area contributed by atoms with Crippen molar-refractivity contribution in [2.45, 2.75) is 38.3 Å². The average molecular weight is 273 g/mol. The smallest absolute Gasteiger partial charge is 0.126 e. The summed E-state index contributed by atoms with van der Waals surface area (Å²) in [5.74, 6) is 1.09. The molecule has 2 aromatic rings. The van der Waals surface area contributed by atoms with Gasteiger partial charge in [0, 0.05) is 20.2 Å². The van der Waals surface area contributed by atoms with Crippen LogP contribution in [-0.2, 0) is 11.8 Å². The molecule has 0 aliphatic carbocycles. The number of benzene rings is 1. The fourth-order valence-corrected chi connectivity index (χ4v) is 2.92. The summed E-state index contributed by atoms with van der Waals surface area (Å²) in [5.41, 5.74) is 2.25. The molecule has 4 nitrogen and oxygen atoms in total. The zero-order chi connectivity index (χ0) is 13.9. The summed E-state index contributed by atoms with van der Waals surface area (Å²) in [6, 6.07) is 8.51. The van der Waals surface area contributed by atoms with Crippen molar-refractivity contribution in [2.75, 3.05) is 13.2 Å². The van der Waals surface area contributed by atoms with E-state index in [-0.39, 0.29) is 6.04 Å². The Morgan fingerprint density at radius 3 is 3.00 bits per heavy atom. The molecular weight excluding hydrogens is 250 g/mol. The average Bonchev–Trinajstić information content (AvgIpc) is 2.84. The summed E-state index contributed by atoms with van der Waals surface area (Å²) in [5, 5.41) is 3.56. The van der Waals surface area contributed by atoms with Crippen molar-refractivity contribution in [3.05, 3.63) is 30.1 Å². The Balaban J connectivity index is 1.68. The Bertz CT molecular complexity index is 572. The topological polar surface area (TPSA) is 39.1 Å². The van der Waals surface area contributed by atoms with Gasteiger partial charge in [0.1, 0.15) is 5.82 Å². The minimum absolute atomic E-state index is 0.234. The van der Waals surface area contributed by atoms with E-state index in [1.54, 1.807) is 0 Å². The molecule has 0 amide bonds. The molecule has 1 aromatic carbocycles. The van der Waals surface area contributed by atoms with Gasteiger partial charge in [0.05, 0.1) is 23.2 Å². The van der Waals surface area contributed by atoms with E-state index in [1.807, 2.05) is 6.07 Å². The zero-order valence-corrected chi connectivity index (χ0v) is 12.3. The standard InChI is InChI=1S/C16H23N3O/c1-12(17-11-13-7-5-6-10-20-13)16-18-14-8-3-4-9-15(14)19(16)2/h3-4,8-9,12-13,17H,5-7,10-11H2,1-2H3. The van der Waals surface area contributed by atoms with Crippen molar-refractivity contribution in [1.82, 2.24) is 14.9 Å². The highest BCUT2D eigenvalue weighted by Crippen LogP contribution is 2.19. The predicted molar refractivity (Wildman–Crippen MR) is 80.7 cm³/mol. The molecule has 1 fully saturated rings. The Morgan fingerprint density at radius 2 is 2.25 bits per heavy atom. The molecule has 1 aliphatic heterocycles. The summed E-state index contributed by atoms with van der Waals surface area (Å²) in [6.45, 7) is 3.99. The molecule has 1 saturated heterocycles. The van der Waals surface area contributed by atoms with Crippen molar-refractivity contribution in [1.29, 1.82) is 0 Å². The minimum Gasteiger partial charge on any atom is -0.377 e. The summed E-state index contributed by atoms with van der Waals surface area (Å²) < 4.78 is 7.94. The molecule has 2 unspecified atom stereocenters. The molecule has 108 valence electrons. The van der Waals surface area contributed by atoms with Crippen molar-refractivity contribution in [3.63, 3.8) is 0 Å². The number of aromatic nitrogens is 2. The summed E-state index contributed by atoms with van der Waals surface area (Å²) in [7, 11) is 2.08. The Labute approximate surface area is 120 Å². The fraction of sp³-hybridized carbons (Fsp3) is 0.562. The SMILES string of the molecule is CC(NCC1CCCCO1)c1nc2ccccc2n1C. The largest absolute Gasteiger partial charge is 0.377 e. The molecular formula is C16H23N3O. The van der Waals surface area contributed by atoms with Gasteiger partial charge in [-0.1, -0.05) is 12.1 Å². The summed E-state index contributed by atoms with van der Waals surface area (Å²) in [4.78, 5) is 4.74. The van der Waals surface area contributed by atoms with E-state index < -0.39 is 0 Å². The van der Waals surface area contributed by atoms with Crippen molar-refractivity contribution >= 4 is 11.0 Å². The van der Waals surface area contributed by atoms with E-state index in [9.17, 15) is 0 Å². The molecule has 0 spiro atoms. The third kappa shape index (κ3) is 2.72. The molecule has 0 bridgehead atoms. The summed E-state index contributed by atoms with van der Waals surface area (Å²) >= 11 is 0. The van der Waals surface area contributed by atoms with Crippen LogP contribution in [0.5, 0.6) is 0 Å². The number of ether oxygens (including phenoxy) is 1. The maximum absolute atomic E-state index is 5.76. The Hall–Kier alpha value is -1.39. The van der Waals surface area contributed by atoms with Crippen LogP contribution in [0.4, 0.5) is 0 Å². The Kier molecular flexibility index (Phi) is 4.03. The molecule has 0 saturated carbocycles. The highest BCUT2D eigenvalue weighted by atomic mass is 16.5. The van der Waals surface area contributed by atoms with Gasteiger partial charge in [-0.25, -0.2) is 4.98 Å². The second kappa shape index (κ2) is 5.94. The van der Waals surface area contributed by atoms with Gasteiger partial charge in [-0.15, -0.1) is 0 Å². The van der Waals surface area contributed by atoms with Gasteiger partial charge >= 0.3 is 0 Å². The van der Waals surface area contributed by atoms with Crippen LogP contribution in [0.25, 0.3) is 11.0 Å². The van der Waals surface area contributed by atoms with Crippen molar-refractivity contribution in [2.24, 2.45) is 7.05 Å². The van der Waals surface area contributed by atoms with Crippen LogP contribution in [0.2, 0.25) is 0 Å². The van der Waals surface area contributed by atoms with E-state index in [2.05, 4.69) is 42.1 Å². The van der Waals surface area contributed by atoms with Crippen LogP contribution in [0, 0.1) is 0 Å². The predicted octanol–water partition coefficient (Wildman–Crippen LogP) is 2.79. The van der Waals surface area contributed by atoms with Gasteiger partial charge in [0.2, 0.25) is 0 Å². The van der Waals surface area contributed by atoms with Crippen LogP contribution in [0.15, 0.2) is 24.3 Å². The molecule has 4 heteroatoms. The van der Waals surface area contributed by atoms with Gasteiger partial charge in [-0.05, 0) is 38.3 Å². The van der Waals surface area contributed by atoms with Crippen LogP contribution in [0.1, 0.15) is 38.1 Å². The van der Waals surface area contributed by atoms with Gasteiger partial charge < -0.3 is 14.6 Å². The number of fused-ring (bicyclic) bond motifs is 1. The lowest BCUT2D eigenvalue weighted by Crippen LogP contribution is -2.34. The molecule has 3 rings (SSSR count). The molecule has 2 atom stereocenters. The highest BCUT2D eigenvalue weighted by molar-refractivity contribution is 5.75. The van der Waals surface area contributed by atoms with Crippen LogP contribution >= 0.6 is 0 Å². The fourth-order valence-electron chi connectivity index (χ4n) is 2.92. The van der Waals surface area contributed by atoms with Crippen LogP contribution in [-0.4, -0.2) is 28.8 Å². The van der Waals surface area contributed by atoms with Gasteiger partial charge in [-0.3, -0.25) is 0 Å². The van der Waals surface area contributed by atoms with E-state index in [1.165, 1.54) is 24.8 Å². The highest BCUT2D eigenvalue weighted by Gasteiger charge is 2.18. The lowest BCUT2D eigenvalue weighted by atomic mass is 10.1. The number of rotatable bonds is 4. The lowest BCUT2D eigenvalue weighted by Gasteiger charge is -2.24. The third-order valence-corrected chi connectivity index (χ3v) is 4.13. The van der Waals surface area contributed by atoms with Gasteiger partial charge in [0.25, 0.3) is 0 Å². The first-order chi connectivity index (χ1) is 9.75. The van der Waals surface area contributed by atoms with E-state index in [0.717, 1.165) is 24.5 Å². The van der Waals surface area contributed by atoms with Crippen LogP contribution < -0.4 is 5.32 Å². The Morgan fingerprint density at radius 1 is 1.40 bits per heavy atom. The number of hydrogen-bond acceptors (Lipinski definition) is 3. The first-order valence-electron chi connectivity index (χ1n) is 7.52. The molecule has 1 aliphatic rings. The first kappa shape index (κ1) is 13.6. The molecule has 20 heavy (non-hydrogen) atoms. The monoisotopic (exact) mass is 273 g/mol. The van der Waals surface area contributed by atoms with Gasteiger partial charge in [-0.2, -0.15) is 0 Å². The first-order valence-corrected chi connectivity index (χ1v) is 7.52. The number of hydrogen-bond donors (Lipinski definition) is 1. The third-order valence-electron chi connectivity index (χ3n) is 4.13. The number of nitrogens with one attached hydrogen (secondary N) is 1. The van der Waals surface area contributed by atoms with E-state index in [4.69, 9.17) is 9.72 Å². The van der Waals surface area contributed by atoms with Crippen LogP contribution in [0.3, 0.4) is 0 Å². The maximum Gasteiger partial charge on any atom is 0.126 e. The second-order valence-corrected chi connectivity index (χ2v) is 5.64. The van der Waals surface area contributed by atoms with Gasteiger partial charge in [0.15, 0.2) is 0 Å². The molecule has 2 heterocycles. The normalized spacial score (nSPS) is 21.2. The van der Waals surface area contributed by atoms with Crippen molar-refractivity contribution in [3.8, 4) is 0 Å². The van der Waals surface area contributed by atoms with E-state index >= 15 is 0 Å². The number of aryl methyl sites for hydroxylation is 1. The number of para-hydroxylation sites is 2. The number of imidazole rings is 1. The zero-order valence-electron chi connectivity index (χ0n) is 12.3. The quantitative estimate of drug-likeness (QED) is 0.931. The molecule has 1 N–H and O–H groups in total. The maximum atomic E-state index is 5.76. The van der Waals surface area contributed by atoms with E-state index in [0.29, 0.717) is 6.10 Å². The molecule has 0 radical (unpaired) electrons. The minimum atomic E-state index is 0.234. The molecule has 1 aromatic heterocycles. The second-order valence-electron chi connectivity index (χ2n) is 5.64. The summed E-state index contributed by atoms with van der Waals surface area (Å²) in [6.07, 6.45) is 4.02. The van der Waals surface area contributed by atoms with Crippen molar-refractivity contribution < 1.29 is 4.74 Å².